The zero-order valence-corrected chi connectivity index (χ0v) is 18.8. The molecule has 2 heterocycles. The molecule has 1 aromatic rings. The Hall–Kier alpha value is -1.30. The highest BCUT2D eigenvalue weighted by Crippen LogP contribution is 2.62. The standard InChI is InChI=1S/C24H35ClN4O/c1-2-26-23(28-21-20-10-15-30-22(20)24(21)11-3-12-24)27-19-8-13-29(14-9-19)16-17-4-6-18(25)7-5-17/h4-7,19-22H,2-3,8-16H2,1H3,(H2,26,27,28). The summed E-state index contributed by atoms with van der Waals surface area (Å²) in [6, 6.07) is 9.28. The average Bonchev–Trinajstić information content (AvgIpc) is 3.13. The number of halogens is 1. The van der Waals surface area contributed by atoms with Crippen LogP contribution in [0.15, 0.2) is 29.3 Å². The van der Waals surface area contributed by atoms with E-state index in [1.54, 1.807) is 0 Å². The van der Waals surface area contributed by atoms with Crippen LogP contribution in [0, 0.1) is 11.3 Å². The van der Waals surface area contributed by atoms with E-state index in [2.05, 4.69) is 34.6 Å². The number of ether oxygens (including phenoxy) is 1. The molecule has 0 aromatic heterocycles. The first-order chi connectivity index (χ1) is 14.7. The van der Waals surface area contributed by atoms with Gasteiger partial charge in [-0.3, -0.25) is 9.89 Å². The van der Waals surface area contributed by atoms with Gasteiger partial charge in [0.15, 0.2) is 5.96 Å². The van der Waals surface area contributed by atoms with Gasteiger partial charge >= 0.3 is 0 Å². The third-order valence-electron chi connectivity index (χ3n) is 7.89. The average molecular weight is 431 g/mol. The lowest BCUT2D eigenvalue weighted by atomic mass is 9.46. The molecular weight excluding hydrogens is 396 g/mol. The minimum absolute atomic E-state index is 0.388. The number of hydrogen-bond donors (Lipinski definition) is 2. The van der Waals surface area contributed by atoms with Crippen molar-refractivity contribution in [2.75, 3.05) is 26.2 Å². The summed E-state index contributed by atoms with van der Waals surface area (Å²) in [5.41, 5.74) is 1.73. The van der Waals surface area contributed by atoms with Crippen molar-refractivity contribution in [2.45, 2.75) is 70.2 Å². The number of nitrogens with zero attached hydrogens (tertiary/aromatic N) is 2. The molecule has 4 fully saturated rings. The molecule has 3 atom stereocenters. The second kappa shape index (κ2) is 8.68. The van der Waals surface area contributed by atoms with Crippen LogP contribution in [0.1, 0.15) is 51.0 Å². The van der Waals surface area contributed by atoms with Gasteiger partial charge in [-0.25, -0.2) is 0 Å². The molecule has 0 amide bonds. The smallest absolute Gasteiger partial charge is 0.191 e. The molecule has 2 aliphatic heterocycles. The maximum atomic E-state index is 6.09. The van der Waals surface area contributed by atoms with Gasteiger partial charge < -0.3 is 15.4 Å². The highest BCUT2D eigenvalue weighted by Gasteiger charge is 2.66. The largest absolute Gasteiger partial charge is 0.377 e. The first-order valence-corrected chi connectivity index (χ1v) is 12.2. The summed E-state index contributed by atoms with van der Waals surface area (Å²) < 4.78 is 6.09. The molecule has 5 rings (SSSR count). The minimum atomic E-state index is 0.388. The van der Waals surface area contributed by atoms with Gasteiger partial charge in [-0.15, -0.1) is 0 Å². The van der Waals surface area contributed by atoms with Crippen LogP contribution in [-0.2, 0) is 11.3 Å². The molecule has 2 saturated heterocycles. The summed E-state index contributed by atoms with van der Waals surface area (Å²) in [7, 11) is 0. The Balaban J connectivity index is 1.14. The molecule has 164 valence electrons. The fourth-order valence-electron chi connectivity index (χ4n) is 6.17. The number of fused-ring (bicyclic) bond motifs is 2. The van der Waals surface area contributed by atoms with Gasteiger partial charge in [0.25, 0.3) is 0 Å². The molecule has 0 bridgehead atoms. The lowest BCUT2D eigenvalue weighted by Crippen LogP contribution is -2.72. The van der Waals surface area contributed by atoms with Crippen molar-refractivity contribution < 1.29 is 4.74 Å². The first-order valence-electron chi connectivity index (χ1n) is 11.8. The van der Waals surface area contributed by atoms with Crippen molar-refractivity contribution in [2.24, 2.45) is 16.3 Å². The molecule has 1 aromatic carbocycles. The summed E-state index contributed by atoms with van der Waals surface area (Å²) in [5, 5.41) is 8.43. The number of hydrogen-bond acceptors (Lipinski definition) is 3. The van der Waals surface area contributed by atoms with E-state index < -0.39 is 0 Å². The molecule has 5 nitrogen and oxygen atoms in total. The van der Waals surface area contributed by atoms with Crippen LogP contribution in [0.2, 0.25) is 5.02 Å². The van der Waals surface area contributed by atoms with E-state index >= 15 is 0 Å². The minimum Gasteiger partial charge on any atom is -0.377 e. The Morgan fingerprint density at radius 1 is 1.17 bits per heavy atom. The van der Waals surface area contributed by atoms with Crippen molar-refractivity contribution >= 4 is 17.6 Å². The number of piperidine rings is 1. The van der Waals surface area contributed by atoms with E-state index in [4.69, 9.17) is 21.3 Å². The van der Waals surface area contributed by atoms with Crippen LogP contribution >= 0.6 is 11.6 Å². The Kier molecular flexibility index (Phi) is 5.96. The maximum absolute atomic E-state index is 6.09. The second-order valence-electron chi connectivity index (χ2n) is 9.60. The third-order valence-corrected chi connectivity index (χ3v) is 8.14. The van der Waals surface area contributed by atoms with Crippen molar-refractivity contribution in [3.8, 4) is 0 Å². The number of nitrogens with one attached hydrogen (secondary N) is 2. The quantitative estimate of drug-likeness (QED) is 0.550. The van der Waals surface area contributed by atoms with Crippen LogP contribution < -0.4 is 10.6 Å². The number of likely N-dealkylation sites (tertiary alicyclic amines) is 1. The van der Waals surface area contributed by atoms with Gasteiger partial charge in [-0.2, -0.15) is 0 Å². The van der Waals surface area contributed by atoms with E-state index in [-0.39, 0.29) is 0 Å². The van der Waals surface area contributed by atoms with E-state index in [1.807, 2.05) is 12.1 Å². The normalized spacial score (nSPS) is 31.1. The van der Waals surface area contributed by atoms with E-state index in [0.717, 1.165) is 56.6 Å². The van der Waals surface area contributed by atoms with E-state index in [1.165, 1.54) is 31.2 Å². The van der Waals surface area contributed by atoms with E-state index in [9.17, 15) is 0 Å². The summed E-state index contributed by atoms with van der Waals surface area (Å²) in [4.78, 5) is 7.34. The molecule has 3 unspecified atom stereocenters. The zero-order chi connectivity index (χ0) is 20.6. The number of benzene rings is 1. The van der Waals surface area contributed by atoms with Crippen molar-refractivity contribution in [3.63, 3.8) is 0 Å². The fraction of sp³-hybridized carbons (Fsp3) is 0.708. The van der Waals surface area contributed by atoms with Gasteiger partial charge in [0.1, 0.15) is 0 Å². The molecule has 2 saturated carbocycles. The summed E-state index contributed by atoms with van der Waals surface area (Å²) in [5.74, 6) is 1.70. The Bertz CT molecular complexity index is 755. The lowest BCUT2D eigenvalue weighted by molar-refractivity contribution is -0.171. The first kappa shape index (κ1) is 20.6. The van der Waals surface area contributed by atoms with Crippen LogP contribution in [-0.4, -0.2) is 55.3 Å². The Morgan fingerprint density at radius 2 is 1.93 bits per heavy atom. The van der Waals surface area contributed by atoms with Gasteiger partial charge in [0.05, 0.1) is 6.10 Å². The van der Waals surface area contributed by atoms with Crippen molar-refractivity contribution in [1.82, 2.24) is 15.5 Å². The summed E-state index contributed by atoms with van der Waals surface area (Å²) in [6.07, 6.45) is 7.99. The Labute approximate surface area is 185 Å². The highest BCUT2D eigenvalue weighted by atomic mass is 35.5. The SMILES string of the molecule is CCN=C(NC1CCN(Cc2ccc(Cl)cc2)CC1)NC1C2CCOC2C12CCC2. The Morgan fingerprint density at radius 3 is 2.60 bits per heavy atom. The highest BCUT2D eigenvalue weighted by molar-refractivity contribution is 6.30. The monoisotopic (exact) mass is 430 g/mol. The third kappa shape index (κ3) is 3.85. The van der Waals surface area contributed by atoms with Crippen molar-refractivity contribution in [1.29, 1.82) is 0 Å². The predicted octanol–water partition coefficient (Wildman–Crippen LogP) is 3.82. The second-order valence-corrected chi connectivity index (χ2v) is 10.0. The molecule has 2 N–H and O–H groups in total. The van der Waals surface area contributed by atoms with Crippen LogP contribution in [0.4, 0.5) is 0 Å². The predicted molar refractivity (Wildman–Crippen MR) is 122 cm³/mol. The van der Waals surface area contributed by atoms with Gasteiger partial charge in [-0.1, -0.05) is 30.2 Å². The molecular formula is C24H35ClN4O. The number of rotatable bonds is 5. The van der Waals surface area contributed by atoms with Crippen LogP contribution in [0.3, 0.4) is 0 Å². The summed E-state index contributed by atoms with van der Waals surface area (Å²) >= 11 is 6.01. The molecule has 6 heteroatoms. The fourth-order valence-corrected chi connectivity index (χ4v) is 6.30. The van der Waals surface area contributed by atoms with Crippen LogP contribution in [0.25, 0.3) is 0 Å². The van der Waals surface area contributed by atoms with Crippen LogP contribution in [0.5, 0.6) is 0 Å². The molecule has 4 aliphatic rings. The molecule has 30 heavy (non-hydrogen) atoms. The van der Waals surface area contributed by atoms with Gasteiger partial charge in [0, 0.05) is 61.2 Å². The van der Waals surface area contributed by atoms with E-state index in [0.29, 0.717) is 29.5 Å². The van der Waals surface area contributed by atoms with Crippen molar-refractivity contribution in [3.05, 3.63) is 34.9 Å². The zero-order valence-electron chi connectivity index (χ0n) is 18.1. The molecule has 1 spiro atoms. The lowest BCUT2D eigenvalue weighted by Gasteiger charge is -2.63. The molecule has 0 radical (unpaired) electrons. The summed E-state index contributed by atoms with van der Waals surface area (Å²) in [6.45, 7) is 7.12. The van der Waals surface area contributed by atoms with Gasteiger partial charge in [0.2, 0.25) is 0 Å². The van der Waals surface area contributed by atoms with Gasteiger partial charge in [-0.05, 0) is 56.7 Å². The topological polar surface area (TPSA) is 48.9 Å². The maximum Gasteiger partial charge on any atom is 0.191 e. The number of aliphatic imine (C=N–C) groups is 1. The number of guanidine groups is 1. The molecule has 2 aliphatic carbocycles.